The van der Waals surface area contributed by atoms with Gasteiger partial charge in [0, 0.05) is 25.7 Å². The predicted molar refractivity (Wildman–Crippen MR) is 70.5 cm³/mol. The second-order valence-electron chi connectivity index (χ2n) is 5.10. The molecule has 2 unspecified atom stereocenters. The molecule has 2 atom stereocenters. The fraction of sp³-hybridized carbons (Fsp3) is 0.667. The Morgan fingerprint density at radius 1 is 1.50 bits per heavy atom. The molecule has 18 heavy (non-hydrogen) atoms. The number of hydrogen-bond donors (Lipinski definition) is 2. The molecule has 4 N–H and O–H groups in total. The summed E-state index contributed by atoms with van der Waals surface area (Å²) in [4.78, 5) is 13.8. The van der Waals surface area contributed by atoms with E-state index >= 15 is 0 Å². The molecule has 0 bridgehead atoms. The average Bonchev–Trinajstić information content (AvgIpc) is 2.53. The predicted octanol–water partition coefficient (Wildman–Crippen LogP) is 0.143. The Hall–Kier alpha value is -1.56. The van der Waals surface area contributed by atoms with Crippen LogP contribution in [0.5, 0.6) is 0 Å². The molecule has 2 heterocycles. The molecule has 6 nitrogen and oxygen atoms in total. The Labute approximate surface area is 107 Å². The molecular formula is C12H21N5O. The third-order valence-electron chi connectivity index (χ3n) is 3.63. The monoisotopic (exact) mass is 251 g/mol. The lowest BCUT2D eigenvalue weighted by atomic mass is 9.98. The van der Waals surface area contributed by atoms with Crippen LogP contribution in [0, 0.1) is 6.92 Å². The number of rotatable bonds is 2. The SMILES string of the molecule is Cc1nn(C)c(N2CCC(N)CC2C)c1C(N)=O. The summed E-state index contributed by atoms with van der Waals surface area (Å²) in [5.41, 5.74) is 12.6. The highest BCUT2D eigenvalue weighted by molar-refractivity contribution is 5.99. The van der Waals surface area contributed by atoms with Crippen LogP contribution in [-0.2, 0) is 7.05 Å². The standard InChI is InChI=1S/C12H21N5O/c1-7-6-9(13)4-5-17(7)12-10(11(14)18)8(2)15-16(12)3/h7,9H,4-6,13H2,1-3H3,(H2,14,18). The number of carbonyl (C=O) groups excluding carboxylic acids is 1. The van der Waals surface area contributed by atoms with E-state index in [9.17, 15) is 4.79 Å². The van der Waals surface area contributed by atoms with E-state index in [0.29, 0.717) is 17.3 Å². The molecule has 0 spiro atoms. The number of amides is 1. The molecule has 0 aromatic carbocycles. The lowest BCUT2D eigenvalue weighted by Crippen LogP contribution is -2.47. The van der Waals surface area contributed by atoms with Gasteiger partial charge in [0.15, 0.2) is 0 Å². The zero-order chi connectivity index (χ0) is 13.4. The van der Waals surface area contributed by atoms with Crippen LogP contribution >= 0.6 is 0 Å². The van der Waals surface area contributed by atoms with Gasteiger partial charge >= 0.3 is 0 Å². The number of carbonyl (C=O) groups is 1. The third-order valence-corrected chi connectivity index (χ3v) is 3.63. The first kappa shape index (κ1) is 12.9. The molecule has 1 aliphatic rings. The minimum atomic E-state index is -0.419. The van der Waals surface area contributed by atoms with Gasteiger partial charge in [-0.2, -0.15) is 5.10 Å². The molecule has 100 valence electrons. The largest absolute Gasteiger partial charge is 0.365 e. The van der Waals surface area contributed by atoms with Crippen molar-refractivity contribution >= 4 is 11.7 Å². The first-order valence-corrected chi connectivity index (χ1v) is 6.27. The van der Waals surface area contributed by atoms with Gasteiger partial charge in [-0.15, -0.1) is 0 Å². The zero-order valence-corrected chi connectivity index (χ0v) is 11.2. The van der Waals surface area contributed by atoms with Crippen molar-refractivity contribution in [2.24, 2.45) is 18.5 Å². The zero-order valence-electron chi connectivity index (χ0n) is 11.2. The minimum absolute atomic E-state index is 0.239. The van der Waals surface area contributed by atoms with Gasteiger partial charge in [0.05, 0.1) is 5.69 Å². The van der Waals surface area contributed by atoms with Crippen LogP contribution in [-0.4, -0.2) is 34.3 Å². The summed E-state index contributed by atoms with van der Waals surface area (Å²) in [7, 11) is 1.84. The molecular weight excluding hydrogens is 230 g/mol. The van der Waals surface area contributed by atoms with Gasteiger partial charge in [0.1, 0.15) is 11.4 Å². The van der Waals surface area contributed by atoms with E-state index in [1.54, 1.807) is 4.68 Å². The van der Waals surface area contributed by atoms with Crippen molar-refractivity contribution in [3.8, 4) is 0 Å². The fourth-order valence-electron chi connectivity index (χ4n) is 2.79. The van der Waals surface area contributed by atoms with Crippen molar-refractivity contribution in [2.75, 3.05) is 11.4 Å². The van der Waals surface area contributed by atoms with Crippen LogP contribution in [0.1, 0.15) is 35.8 Å². The summed E-state index contributed by atoms with van der Waals surface area (Å²) in [5.74, 6) is 0.400. The van der Waals surface area contributed by atoms with Crippen molar-refractivity contribution in [1.82, 2.24) is 9.78 Å². The second kappa shape index (κ2) is 4.61. The van der Waals surface area contributed by atoms with Crippen LogP contribution in [0.3, 0.4) is 0 Å². The molecule has 1 aliphatic heterocycles. The lowest BCUT2D eigenvalue weighted by Gasteiger charge is -2.38. The maximum Gasteiger partial charge on any atom is 0.254 e. The van der Waals surface area contributed by atoms with Crippen molar-refractivity contribution in [3.63, 3.8) is 0 Å². The van der Waals surface area contributed by atoms with E-state index in [1.807, 2.05) is 14.0 Å². The maximum absolute atomic E-state index is 11.6. The number of anilines is 1. The van der Waals surface area contributed by atoms with E-state index in [2.05, 4.69) is 16.9 Å². The molecule has 1 amide bonds. The second-order valence-corrected chi connectivity index (χ2v) is 5.10. The van der Waals surface area contributed by atoms with Gasteiger partial charge < -0.3 is 16.4 Å². The van der Waals surface area contributed by atoms with Gasteiger partial charge in [0.25, 0.3) is 5.91 Å². The molecule has 2 rings (SSSR count). The minimum Gasteiger partial charge on any atom is -0.365 e. The number of nitrogens with zero attached hydrogens (tertiary/aromatic N) is 3. The van der Waals surface area contributed by atoms with Gasteiger partial charge in [-0.05, 0) is 26.7 Å². The summed E-state index contributed by atoms with van der Waals surface area (Å²) in [6.07, 6.45) is 1.84. The van der Waals surface area contributed by atoms with Gasteiger partial charge in [-0.3, -0.25) is 9.48 Å². The quantitative estimate of drug-likeness (QED) is 0.782. The highest BCUT2D eigenvalue weighted by Gasteiger charge is 2.29. The van der Waals surface area contributed by atoms with E-state index in [-0.39, 0.29) is 6.04 Å². The van der Waals surface area contributed by atoms with Gasteiger partial charge in [0.2, 0.25) is 0 Å². The Morgan fingerprint density at radius 3 is 2.72 bits per heavy atom. The number of nitrogens with two attached hydrogens (primary N) is 2. The molecule has 0 aliphatic carbocycles. The summed E-state index contributed by atoms with van der Waals surface area (Å²) in [6.45, 7) is 4.76. The Morgan fingerprint density at radius 2 is 2.17 bits per heavy atom. The van der Waals surface area contributed by atoms with Crippen molar-refractivity contribution in [1.29, 1.82) is 0 Å². The Balaban J connectivity index is 2.41. The summed E-state index contributed by atoms with van der Waals surface area (Å²) in [6, 6.07) is 0.532. The molecule has 1 saturated heterocycles. The normalized spacial score (nSPS) is 24.3. The highest BCUT2D eigenvalue weighted by atomic mass is 16.1. The van der Waals surface area contributed by atoms with Gasteiger partial charge in [-0.1, -0.05) is 0 Å². The highest BCUT2D eigenvalue weighted by Crippen LogP contribution is 2.28. The number of piperidine rings is 1. The van der Waals surface area contributed by atoms with Crippen LogP contribution in [0.25, 0.3) is 0 Å². The van der Waals surface area contributed by atoms with E-state index in [1.165, 1.54) is 0 Å². The van der Waals surface area contributed by atoms with Crippen LogP contribution < -0.4 is 16.4 Å². The van der Waals surface area contributed by atoms with E-state index in [0.717, 1.165) is 25.2 Å². The number of aromatic nitrogens is 2. The molecule has 1 aromatic heterocycles. The summed E-state index contributed by atoms with van der Waals surface area (Å²) >= 11 is 0. The maximum atomic E-state index is 11.6. The number of primary amides is 1. The van der Waals surface area contributed by atoms with Crippen molar-refractivity contribution < 1.29 is 4.79 Å². The lowest BCUT2D eigenvalue weighted by molar-refractivity contribution is 0.1000. The van der Waals surface area contributed by atoms with Crippen LogP contribution in [0.4, 0.5) is 5.82 Å². The fourth-order valence-corrected chi connectivity index (χ4v) is 2.79. The summed E-state index contributed by atoms with van der Waals surface area (Å²) < 4.78 is 1.74. The van der Waals surface area contributed by atoms with Crippen molar-refractivity contribution in [2.45, 2.75) is 38.8 Å². The molecule has 1 fully saturated rings. The van der Waals surface area contributed by atoms with Crippen molar-refractivity contribution in [3.05, 3.63) is 11.3 Å². The van der Waals surface area contributed by atoms with Gasteiger partial charge in [-0.25, -0.2) is 0 Å². The number of hydrogen-bond acceptors (Lipinski definition) is 4. The Kier molecular flexibility index (Phi) is 3.30. The smallest absolute Gasteiger partial charge is 0.254 e. The number of aryl methyl sites for hydroxylation is 2. The first-order chi connectivity index (χ1) is 8.41. The molecule has 6 heteroatoms. The molecule has 0 saturated carbocycles. The first-order valence-electron chi connectivity index (χ1n) is 6.27. The van der Waals surface area contributed by atoms with E-state index < -0.39 is 5.91 Å². The molecule has 1 aromatic rings. The van der Waals surface area contributed by atoms with Crippen LogP contribution in [0.2, 0.25) is 0 Å². The third kappa shape index (κ3) is 2.08. The molecule has 0 radical (unpaired) electrons. The van der Waals surface area contributed by atoms with Crippen LogP contribution in [0.15, 0.2) is 0 Å². The van der Waals surface area contributed by atoms with E-state index in [4.69, 9.17) is 11.5 Å². The Bertz CT molecular complexity index is 467. The topological polar surface area (TPSA) is 90.2 Å². The summed E-state index contributed by atoms with van der Waals surface area (Å²) in [5, 5.41) is 4.30. The average molecular weight is 251 g/mol.